The maximum Gasteiger partial charge on any atom is 0.313 e. The Labute approximate surface area is 141 Å². The Hall–Kier alpha value is -1.09. The van der Waals surface area contributed by atoms with Crippen LogP contribution in [0.25, 0.3) is 11.4 Å². The summed E-state index contributed by atoms with van der Waals surface area (Å²) in [7, 11) is 0. The molecule has 0 bridgehead atoms. The largest absolute Gasteiger partial charge is 0.481 e. The number of carboxylic acids is 1. The third-order valence-corrected chi connectivity index (χ3v) is 4.29. The molecular formula is C14H16IN3O2S. The summed E-state index contributed by atoms with van der Waals surface area (Å²) < 4.78 is 3.13. The summed E-state index contributed by atoms with van der Waals surface area (Å²) in [6.45, 7) is 4.99. The Morgan fingerprint density at radius 1 is 1.43 bits per heavy atom. The fourth-order valence-corrected chi connectivity index (χ4v) is 3.10. The van der Waals surface area contributed by atoms with Crippen LogP contribution in [0.2, 0.25) is 0 Å². The number of nitrogens with zero attached hydrogens (tertiary/aromatic N) is 3. The number of hydrogen-bond acceptors (Lipinski definition) is 4. The molecule has 0 fully saturated rings. The highest BCUT2D eigenvalue weighted by Crippen LogP contribution is 2.26. The number of thioether (sulfide) groups is 1. The molecule has 0 unspecified atom stereocenters. The number of aromatic nitrogens is 3. The van der Waals surface area contributed by atoms with E-state index in [0.29, 0.717) is 11.1 Å². The van der Waals surface area contributed by atoms with E-state index in [0.717, 1.165) is 21.5 Å². The summed E-state index contributed by atoms with van der Waals surface area (Å²) in [5, 5.41) is 17.9. The molecule has 0 saturated carbocycles. The summed E-state index contributed by atoms with van der Waals surface area (Å²) in [5.41, 5.74) is 0.997. The molecule has 1 aromatic heterocycles. The lowest BCUT2D eigenvalue weighted by molar-refractivity contribution is -0.133. The highest BCUT2D eigenvalue weighted by Gasteiger charge is 2.16. The molecule has 1 N–H and O–H groups in total. The first-order valence-electron chi connectivity index (χ1n) is 6.51. The van der Waals surface area contributed by atoms with E-state index in [9.17, 15) is 4.79 Å². The summed E-state index contributed by atoms with van der Waals surface area (Å²) in [6, 6.07) is 8.05. The average molecular weight is 417 g/mol. The summed E-state index contributed by atoms with van der Waals surface area (Å²) in [6.07, 6.45) is 0. The van der Waals surface area contributed by atoms with Crippen LogP contribution in [-0.2, 0) is 11.3 Å². The first kappa shape index (κ1) is 16.3. The van der Waals surface area contributed by atoms with Crippen LogP contribution >= 0.6 is 34.4 Å². The molecule has 2 aromatic rings. The second kappa shape index (κ2) is 7.26. The van der Waals surface area contributed by atoms with Crippen molar-refractivity contribution < 1.29 is 9.90 Å². The quantitative estimate of drug-likeness (QED) is 0.577. The Kier molecular flexibility index (Phi) is 5.63. The van der Waals surface area contributed by atoms with Crippen molar-refractivity contribution in [2.45, 2.75) is 25.5 Å². The highest BCUT2D eigenvalue weighted by molar-refractivity contribution is 14.1. The number of halogens is 1. The molecule has 5 nitrogen and oxygen atoms in total. The van der Waals surface area contributed by atoms with Gasteiger partial charge in [-0.25, -0.2) is 0 Å². The monoisotopic (exact) mass is 417 g/mol. The number of benzene rings is 1. The lowest BCUT2D eigenvalue weighted by atomic mass is 10.2. The van der Waals surface area contributed by atoms with E-state index in [2.05, 4.69) is 46.6 Å². The van der Waals surface area contributed by atoms with Gasteiger partial charge in [0, 0.05) is 15.7 Å². The molecule has 0 aliphatic rings. The van der Waals surface area contributed by atoms with Crippen molar-refractivity contribution in [2.75, 3.05) is 5.75 Å². The number of carbonyl (C=O) groups is 1. The number of hydrogen-bond donors (Lipinski definition) is 1. The number of aliphatic carboxylic acids is 1. The van der Waals surface area contributed by atoms with Crippen LogP contribution in [0.3, 0.4) is 0 Å². The maximum absolute atomic E-state index is 10.7. The minimum absolute atomic E-state index is 0.0114. The predicted octanol–water partition coefficient (Wildman–Crippen LogP) is 3.38. The molecule has 1 heterocycles. The van der Waals surface area contributed by atoms with Gasteiger partial charge in [0.1, 0.15) is 0 Å². The fraction of sp³-hybridized carbons (Fsp3) is 0.357. The van der Waals surface area contributed by atoms with E-state index in [4.69, 9.17) is 5.11 Å². The minimum atomic E-state index is -0.852. The molecule has 0 saturated heterocycles. The second-order valence-corrected chi connectivity index (χ2v) is 7.19. The molecule has 21 heavy (non-hydrogen) atoms. The lowest BCUT2D eigenvalue weighted by Crippen LogP contribution is -2.09. The van der Waals surface area contributed by atoms with Gasteiger partial charge in [0.25, 0.3) is 0 Å². The SMILES string of the molecule is CC(C)Cn1c(SCC(=O)O)nnc1-c1cccc(I)c1. The van der Waals surface area contributed by atoms with Gasteiger partial charge < -0.3 is 9.67 Å². The van der Waals surface area contributed by atoms with E-state index in [-0.39, 0.29) is 5.75 Å². The molecule has 112 valence electrons. The molecule has 0 amide bonds. The van der Waals surface area contributed by atoms with Gasteiger partial charge in [0.15, 0.2) is 11.0 Å². The minimum Gasteiger partial charge on any atom is -0.481 e. The Bertz CT molecular complexity index is 643. The van der Waals surface area contributed by atoms with Crippen molar-refractivity contribution in [1.82, 2.24) is 14.8 Å². The van der Waals surface area contributed by atoms with Crippen molar-refractivity contribution in [1.29, 1.82) is 0 Å². The predicted molar refractivity (Wildman–Crippen MR) is 91.4 cm³/mol. The zero-order valence-electron chi connectivity index (χ0n) is 11.8. The molecular weight excluding hydrogens is 401 g/mol. The summed E-state index contributed by atoms with van der Waals surface area (Å²) in [5.74, 6) is 0.347. The first-order chi connectivity index (χ1) is 9.97. The Balaban J connectivity index is 2.38. The van der Waals surface area contributed by atoms with Gasteiger partial charge in [0.05, 0.1) is 5.75 Å². The molecule has 0 atom stereocenters. The molecule has 2 rings (SSSR count). The number of rotatable bonds is 6. The highest BCUT2D eigenvalue weighted by atomic mass is 127. The van der Waals surface area contributed by atoms with Crippen molar-refractivity contribution in [3.8, 4) is 11.4 Å². The van der Waals surface area contributed by atoms with Gasteiger partial charge in [-0.2, -0.15) is 0 Å². The van der Waals surface area contributed by atoms with E-state index in [1.807, 2.05) is 28.8 Å². The summed E-state index contributed by atoms with van der Waals surface area (Å²) in [4.78, 5) is 10.7. The van der Waals surface area contributed by atoms with E-state index >= 15 is 0 Å². The van der Waals surface area contributed by atoms with Gasteiger partial charge in [-0.1, -0.05) is 37.7 Å². The smallest absolute Gasteiger partial charge is 0.313 e. The number of carboxylic acid groups (broad SMARTS) is 1. The molecule has 0 aliphatic carbocycles. The van der Waals surface area contributed by atoms with Crippen LogP contribution in [0.1, 0.15) is 13.8 Å². The third-order valence-electron chi connectivity index (χ3n) is 2.67. The van der Waals surface area contributed by atoms with Crippen LogP contribution in [0, 0.1) is 9.49 Å². The molecule has 0 spiro atoms. The van der Waals surface area contributed by atoms with Crippen LogP contribution in [0.5, 0.6) is 0 Å². The van der Waals surface area contributed by atoms with Crippen LogP contribution in [0.4, 0.5) is 0 Å². The van der Waals surface area contributed by atoms with Crippen LogP contribution in [0.15, 0.2) is 29.4 Å². The normalized spacial score (nSPS) is 11.0. The maximum atomic E-state index is 10.7. The lowest BCUT2D eigenvalue weighted by Gasteiger charge is -2.12. The fourth-order valence-electron chi connectivity index (χ4n) is 1.89. The Morgan fingerprint density at radius 2 is 2.19 bits per heavy atom. The zero-order chi connectivity index (χ0) is 15.4. The molecule has 0 aliphatic heterocycles. The molecule has 7 heteroatoms. The standard InChI is InChI=1S/C14H16IN3O2S/c1-9(2)7-18-13(10-4-3-5-11(15)6-10)16-17-14(18)21-8-12(19)20/h3-6,9H,7-8H2,1-2H3,(H,19,20). The zero-order valence-corrected chi connectivity index (χ0v) is 14.8. The van der Waals surface area contributed by atoms with E-state index < -0.39 is 5.97 Å². The first-order valence-corrected chi connectivity index (χ1v) is 8.57. The molecule has 1 aromatic carbocycles. The van der Waals surface area contributed by atoms with Gasteiger partial charge in [-0.05, 0) is 40.6 Å². The van der Waals surface area contributed by atoms with Gasteiger partial charge in [-0.15, -0.1) is 10.2 Å². The van der Waals surface area contributed by atoms with E-state index in [1.54, 1.807) is 0 Å². The van der Waals surface area contributed by atoms with Crippen molar-refractivity contribution >= 4 is 40.3 Å². The third kappa shape index (κ3) is 4.44. The molecule has 0 radical (unpaired) electrons. The van der Waals surface area contributed by atoms with Crippen LogP contribution in [-0.4, -0.2) is 31.6 Å². The van der Waals surface area contributed by atoms with Crippen molar-refractivity contribution in [2.24, 2.45) is 5.92 Å². The summed E-state index contributed by atoms with van der Waals surface area (Å²) >= 11 is 3.47. The van der Waals surface area contributed by atoms with E-state index in [1.165, 1.54) is 11.8 Å². The average Bonchev–Trinajstić information content (AvgIpc) is 2.78. The van der Waals surface area contributed by atoms with Gasteiger partial charge >= 0.3 is 5.97 Å². The Morgan fingerprint density at radius 3 is 2.81 bits per heavy atom. The van der Waals surface area contributed by atoms with Crippen molar-refractivity contribution in [3.05, 3.63) is 27.8 Å². The second-order valence-electron chi connectivity index (χ2n) is 5.00. The van der Waals surface area contributed by atoms with Crippen molar-refractivity contribution in [3.63, 3.8) is 0 Å². The topological polar surface area (TPSA) is 68.0 Å². The van der Waals surface area contributed by atoms with Gasteiger partial charge in [-0.3, -0.25) is 4.79 Å². The van der Waals surface area contributed by atoms with Crippen LogP contribution < -0.4 is 0 Å². The van der Waals surface area contributed by atoms with Gasteiger partial charge in [0.2, 0.25) is 0 Å².